The summed E-state index contributed by atoms with van der Waals surface area (Å²) >= 11 is 1.78. The Bertz CT molecular complexity index is 307. The molecule has 0 bridgehead atoms. The minimum absolute atomic E-state index is 0.311. The van der Waals surface area contributed by atoms with Crippen LogP contribution < -0.4 is 0 Å². The van der Waals surface area contributed by atoms with E-state index < -0.39 is 0 Å². The molecular weight excluding hydrogens is 232 g/mol. The Hall–Kier alpha value is -0.420. The number of aliphatic hydroxyl groups excluding tert-OH is 1. The lowest BCUT2D eigenvalue weighted by Crippen LogP contribution is -2.47. The number of rotatable bonds is 5. The van der Waals surface area contributed by atoms with E-state index in [2.05, 4.69) is 33.6 Å². The summed E-state index contributed by atoms with van der Waals surface area (Å²) in [5, 5.41) is 13.2. The summed E-state index contributed by atoms with van der Waals surface area (Å²) < 4.78 is 0. The smallest absolute Gasteiger partial charge is 0.0443 e. The van der Waals surface area contributed by atoms with Crippen molar-refractivity contribution >= 4 is 11.3 Å². The molecule has 1 aromatic rings. The van der Waals surface area contributed by atoms with Crippen molar-refractivity contribution in [3.8, 4) is 0 Å². The van der Waals surface area contributed by atoms with Crippen molar-refractivity contribution in [2.75, 3.05) is 39.3 Å². The molecule has 1 aromatic heterocycles. The van der Waals surface area contributed by atoms with Gasteiger partial charge in [0, 0.05) is 45.4 Å². The van der Waals surface area contributed by atoms with E-state index in [4.69, 9.17) is 5.11 Å². The van der Waals surface area contributed by atoms with Gasteiger partial charge >= 0.3 is 0 Å². The van der Waals surface area contributed by atoms with Crippen LogP contribution in [0.1, 0.15) is 24.9 Å². The quantitative estimate of drug-likeness (QED) is 0.868. The minimum Gasteiger partial charge on any atom is -0.396 e. The molecule has 1 atom stereocenters. The van der Waals surface area contributed by atoms with E-state index in [1.54, 1.807) is 11.3 Å². The van der Waals surface area contributed by atoms with Crippen LogP contribution in [0.3, 0.4) is 0 Å². The van der Waals surface area contributed by atoms with Crippen molar-refractivity contribution in [1.82, 2.24) is 9.80 Å². The van der Waals surface area contributed by atoms with Crippen molar-refractivity contribution < 1.29 is 5.11 Å². The summed E-state index contributed by atoms with van der Waals surface area (Å²) in [6.07, 6.45) is 0.903. The second-order valence-electron chi connectivity index (χ2n) is 4.69. The molecule has 1 aliphatic rings. The van der Waals surface area contributed by atoms with Crippen LogP contribution in [0.2, 0.25) is 0 Å². The molecular formula is C13H22N2OS. The molecule has 4 heteroatoms. The molecule has 1 N–H and O–H groups in total. The fourth-order valence-corrected chi connectivity index (χ4v) is 3.14. The lowest BCUT2D eigenvalue weighted by Gasteiger charge is -2.37. The standard InChI is InChI=1S/C13H22N2OS/c1-12(13-3-10-17-11-13)15-7-5-14(6-8-15)4-2-9-16/h3,10-12,16H,2,4-9H2,1H3/t12-/m0/s1. The first-order valence-corrected chi connectivity index (χ1v) is 7.35. The van der Waals surface area contributed by atoms with Gasteiger partial charge in [0.2, 0.25) is 0 Å². The van der Waals surface area contributed by atoms with Crippen LogP contribution in [-0.2, 0) is 0 Å². The second kappa shape index (κ2) is 6.50. The van der Waals surface area contributed by atoms with Crippen molar-refractivity contribution in [2.45, 2.75) is 19.4 Å². The predicted molar refractivity (Wildman–Crippen MR) is 72.4 cm³/mol. The van der Waals surface area contributed by atoms with E-state index in [1.807, 2.05) is 0 Å². The molecule has 0 aromatic carbocycles. The molecule has 1 aliphatic heterocycles. The van der Waals surface area contributed by atoms with Crippen molar-refractivity contribution in [2.24, 2.45) is 0 Å². The van der Waals surface area contributed by atoms with E-state index >= 15 is 0 Å². The van der Waals surface area contributed by atoms with Crippen LogP contribution in [0, 0.1) is 0 Å². The van der Waals surface area contributed by atoms with Gasteiger partial charge in [0.05, 0.1) is 0 Å². The first kappa shape index (κ1) is 13.0. The Kier molecular flexibility index (Phi) is 4.98. The molecule has 1 saturated heterocycles. The van der Waals surface area contributed by atoms with Crippen molar-refractivity contribution in [3.05, 3.63) is 22.4 Å². The van der Waals surface area contributed by atoms with Crippen LogP contribution in [0.25, 0.3) is 0 Å². The predicted octanol–water partition coefficient (Wildman–Crippen LogP) is 1.81. The Morgan fingerprint density at radius 1 is 1.35 bits per heavy atom. The normalized spacial score (nSPS) is 20.6. The number of hydrogen-bond acceptors (Lipinski definition) is 4. The third kappa shape index (κ3) is 3.52. The molecule has 96 valence electrons. The maximum atomic E-state index is 8.83. The van der Waals surface area contributed by atoms with E-state index in [9.17, 15) is 0 Å². The van der Waals surface area contributed by atoms with Gasteiger partial charge in [-0.05, 0) is 35.7 Å². The molecule has 0 radical (unpaired) electrons. The monoisotopic (exact) mass is 254 g/mol. The molecule has 1 fully saturated rings. The van der Waals surface area contributed by atoms with Crippen LogP contribution in [-0.4, -0.2) is 54.2 Å². The summed E-state index contributed by atoms with van der Waals surface area (Å²) in [4.78, 5) is 5.00. The molecule has 2 heterocycles. The summed E-state index contributed by atoms with van der Waals surface area (Å²) in [5.74, 6) is 0. The van der Waals surface area contributed by atoms with E-state index in [0.29, 0.717) is 12.6 Å². The highest BCUT2D eigenvalue weighted by molar-refractivity contribution is 7.07. The minimum atomic E-state index is 0.311. The van der Waals surface area contributed by atoms with Crippen LogP contribution in [0.4, 0.5) is 0 Å². The molecule has 0 saturated carbocycles. The Labute approximate surface area is 108 Å². The van der Waals surface area contributed by atoms with Gasteiger partial charge in [0.15, 0.2) is 0 Å². The summed E-state index contributed by atoms with van der Waals surface area (Å²) in [5.41, 5.74) is 1.44. The lowest BCUT2D eigenvalue weighted by atomic mass is 10.1. The number of hydrogen-bond donors (Lipinski definition) is 1. The Balaban J connectivity index is 1.79. The van der Waals surface area contributed by atoms with E-state index in [1.165, 1.54) is 5.56 Å². The van der Waals surface area contributed by atoms with Crippen LogP contribution in [0.5, 0.6) is 0 Å². The third-order valence-corrected chi connectivity index (χ3v) is 4.31. The van der Waals surface area contributed by atoms with Crippen LogP contribution >= 0.6 is 11.3 Å². The zero-order valence-electron chi connectivity index (χ0n) is 10.5. The third-order valence-electron chi connectivity index (χ3n) is 3.61. The fourth-order valence-electron chi connectivity index (χ4n) is 2.39. The maximum absolute atomic E-state index is 8.83. The number of thiophene rings is 1. The maximum Gasteiger partial charge on any atom is 0.0443 e. The SMILES string of the molecule is C[C@@H](c1ccsc1)N1CCN(CCCO)CC1. The number of aliphatic hydroxyl groups is 1. The fraction of sp³-hybridized carbons (Fsp3) is 0.692. The van der Waals surface area contributed by atoms with Crippen molar-refractivity contribution in [1.29, 1.82) is 0 Å². The lowest BCUT2D eigenvalue weighted by molar-refractivity contribution is 0.0973. The molecule has 2 rings (SSSR count). The van der Waals surface area contributed by atoms with Crippen LogP contribution in [0.15, 0.2) is 16.8 Å². The van der Waals surface area contributed by atoms with Gasteiger partial charge in [-0.2, -0.15) is 11.3 Å². The average Bonchev–Trinajstić information content (AvgIpc) is 2.90. The zero-order chi connectivity index (χ0) is 12.1. The van der Waals surface area contributed by atoms with Gasteiger partial charge in [0.25, 0.3) is 0 Å². The Morgan fingerprint density at radius 3 is 2.71 bits per heavy atom. The van der Waals surface area contributed by atoms with Gasteiger partial charge < -0.3 is 10.0 Å². The highest BCUT2D eigenvalue weighted by Crippen LogP contribution is 2.23. The molecule has 0 aliphatic carbocycles. The molecule has 0 unspecified atom stereocenters. The topological polar surface area (TPSA) is 26.7 Å². The molecule has 0 spiro atoms. The van der Waals surface area contributed by atoms with E-state index in [-0.39, 0.29) is 0 Å². The largest absolute Gasteiger partial charge is 0.396 e. The molecule has 3 nitrogen and oxygen atoms in total. The molecule has 0 amide bonds. The van der Waals surface area contributed by atoms with Crippen molar-refractivity contribution in [3.63, 3.8) is 0 Å². The second-order valence-corrected chi connectivity index (χ2v) is 5.47. The summed E-state index contributed by atoms with van der Waals surface area (Å²) in [6.45, 7) is 8.20. The highest BCUT2D eigenvalue weighted by Gasteiger charge is 2.21. The molecule has 17 heavy (non-hydrogen) atoms. The number of piperazine rings is 1. The summed E-state index contributed by atoms with van der Waals surface area (Å²) in [6, 6.07) is 2.77. The first-order valence-electron chi connectivity index (χ1n) is 6.40. The highest BCUT2D eigenvalue weighted by atomic mass is 32.1. The Morgan fingerprint density at radius 2 is 2.12 bits per heavy atom. The first-order chi connectivity index (χ1) is 8.31. The van der Waals surface area contributed by atoms with Gasteiger partial charge in [-0.15, -0.1) is 0 Å². The zero-order valence-corrected chi connectivity index (χ0v) is 11.3. The average molecular weight is 254 g/mol. The van der Waals surface area contributed by atoms with E-state index in [0.717, 1.165) is 39.1 Å². The van der Waals surface area contributed by atoms with Gasteiger partial charge in [-0.1, -0.05) is 0 Å². The number of nitrogens with zero attached hydrogens (tertiary/aromatic N) is 2. The van der Waals surface area contributed by atoms with Gasteiger partial charge in [-0.3, -0.25) is 4.90 Å². The van der Waals surface area contributed by atoms with Gasteiger partial charge in [0.1, 0.15) is 0 Å². The van der Waals surface area contributed by atoms with Gasteiger partial charge in [-0.25, -0.2) is 0 Å². The summed E-state index contributed by atoms with van der Waals surface area (Å²) in [7, 11) is 0.